The van der Waals surface area contributed by atoms with Crippen LogP contribution in [0.4, 0.5) is 0 Å². The molecule has 1 heterocycles. The van der Waals surface area contributed by atoms with Crippen molar-refractivity contribution < 1.29 is 8.42 Å². The average Bonchev–Trinajstić information content (AvgIpc) is 2.93. The maximum Gasteiger partial charge on any atom is 0.191 e. The molecule has 1 unspecified atom stereocenters. The van der Waals surface area contributed by atoms with Crippen molar-refractivity contribution in [2.45, 2.75) is 32.9 Å². The topological polar surface area (TPSA) is 86.3 Å². The molecule has 0 aliphatic rings. The number of fused-ring (bicyclic) bond motifs is 1. The number of rotatable bonds is 7. The second-order valence-corrected chi connectivity index (χ2v) is 8.30. The zero-order valence-electron chi connectivity index (χ0n) is 14.9. The number of para-hydroxylation sites is 1. The normalized spacial score (nSPS) is 13.3. The number of guanidine groups is 1. The molecule has 6 nitrogen and oxygen atoms in total. The van der Waals surface area contributed by atoms with Gasteiger partial charge in [0.1, 0.15) is 9.84 Å². The van der Waals surface area contributed by atoms with Crippen molar-refractivity contribution in [3.8, 4) is 0 Å². The standard InChI is InChI=1S/C17H26N4O2S.HI/c1-4-18-17(20-13(2)9-10-24(3,22)23)19-12-15-11-14-7-5-6-8-16(14)21-15;/h5-8,11,13,21H,4,9-10,12H2,1-3H3,(H2,18,19,20);1H. The highest BCUT2D eigenvalue weighted by atomic mass is 127. The third-order valence-electron chi connectivity index (χ3n) is 3.64. The summed E-state index contributed by atoms with van der Waals surface area (Å²) >= 11 is 0. The number of hydrogen-bond donors (Lipinski definition) is 3. The fourth-order valence-corrected chi connectivity index (χ4v) is 3.18. The summed E-state index contributed by atoms with van der Waals surface area (Å²) in [6.07, 6.45) is 1.81. The van der Waals surface area contributed by atoms with E-state index in [1.54, 1.807) is 0 Å². The van der Waals surface area contributed by atoms with E-state index in [1.165, 1.54) is 11.6 Å². The molecule has 2 aromatic rings. The molecule has 1 aromatic carbocycles. The van der Waals surface area contributed by atoms with Crippen LogP contribution < -0.4 is 10.6 Å². The van der Waals surface area contributed by atoms with Crippen molar-refractivity contribution in [3.63, 3.8) is 0 Å². The van der Waals surface area contributed by atoms with Gasteiger partial charge >= 0.3 is 0 Å². The monoisotopic (exact) mass is 478 g/mol. The molecule has 25 heavy (non-hydrogen) atoms. The van der Waals surface area contributed by atoms with Crippen LogP contribution >= 0.6 is 24.0 Å². The van der Waals surface area contributed by atoms with Crippen molar-refractivity contribution >= 4 is 50.7 Å². The molecule has 0 aliphatic heterocycles. The fourth-order valence-electron chi connectivity index (χ4n) is 2.40. The molecular formula is C17H27IN4O2S. The van der Waals surface area contributed by atoms with Gasteiger partial charge in [-0.25, -0.2) is 13.4 Å². The van der Waals surface area contributed by atoms with Crippen molar-refractivity contribution in [2.75, 3.05) is 18.6 Å². The first-order chi connectivity index (χ1) is 11.4. The van der Waals surface area contributed by atoms with Gasteiger partial charge in [0, 0.05) is 30.1 Å². The van der Waals surface area contributed by atoms with Crippen LogP contribution in [0.3, 0.4) is 0 Å². The minimum atomic E-state index is -2.94. The lowest BCUT2D eigenvalue weighted by Crippen LogP contribution is -2.42. The molecule has 0 spiro atoms. The van der Waals surface area contributed by atoms with E-state index in [9.17, 15) is 8.42 Å². The first-order valence-electron chi connectivity index (χ1n) is 8.16. The van der Waals surface area contributed by atoms with Crippen molar-refractivity contribution in [1.82, 2.24) is 15.6 Å². The third-order valence-corrected chi connectivity index (χ3v) is 4.62. The number of sulfone groups is 1. The Labute approximate surface area is 166 Å². The van der Waals surface area contributed by atoms with Crippen molar-refractivity contribution in [3.05, 3.63) is 36.0 Å². The molecule has 0 saturated carbocycles. The van der Waals surface area contributed by atoms with E-state index in [4.69, 9.17) is 0 Å². The van der Waals surface area contributed by atoms with Gasteiger partial charge in [-0.3, -0.25) is 0 Å². The van der Waals surface area contributed by atoms with Crippen LogP contribution in [-0.2, 0) is 16.4 Å². The van der Waals surface area contributed by atoms with Crippen LogP contribution in [0.25, 0.3) is 10.9 Å². The highest BCUT2D eigenvalue weighted by Crippen LogP contribution is 2.15. The molecule has 0 aliphatic carbocycles. The predicted molar refractivity (Wildman–Crippen MR) is 115 cm³/mol. The number of benzene rings is 1. The average molecular weight is 478 g/mol. The van der Waals surface area contributed by atoms with E-state index in [2.05, 4.69) is 32.7 Å². The molecule has 1 aromatic heterocycles. The summed E-state index contributed by atoms with van der Waals surface area (Å²) in [5.41, 5.74) is 2.14. The van der Waals surface area contributed by atoms with Gasteiger partial charge in [-0.15, -0.1) is 24.0 Å². The van der Waals surface area contributed by atoms with Crippen LogP contribution in [0.1, 0.15) is 26.0 Å². The molecular weight excluding hydrogens is 451 g/mol. The number of hydrogen-bond acceptors (Lipinski definition) is 3. The first-order valence-corrected chi connectivity index (χ1v) is 10.2. The second kappa shape index (κ2) is 10.0. The Morgan fingerprint density at radius 2 is 2.04 bits per heavy atom. The summed E-state index contributed by atoms with van der Waals surface area (Å²) < 4.78 is 22.5. The quantitative estimate of drug-likeness (QED) is 0.325. The van der Waals surface area contributed by atoms with E-state index in [-0.39, 0.29) is 35.8 Å². The number of halogens is 1. The van der Waals surface area contributed by atoms with Gasteiger partial charge in [-0.05, 0) is 37.8 Å². The number of aromatic nitrogens is 1. The second-order valence-electron chi connectivity index (χ2n) is 6.04. The molecule has 0 radical (unpaired) electrons. The van der Waals surface area contributed by atoms with Gasteiger partial charge < -0.3 is 15.6 Å². The Morgan fingerprint density at radius 1 is 1.32 bits per heavy atom. The van der Waals surface area contributed by atoms with Crippen LogP contribution in [0.2, 0.25) is 0 Å². The van der Waals surface area contributed by atoms with Crippen LogP contribution in [0, 0.1) is 0 Å². The molecule has 0 amide bonds. The lowest BCUT2D eigenvalue weighted by Gasteiger charge is -2.17. The SMILES string of the molecule is CCNC(=NCc1cc2ccccc2[nH]1)NC(C)CCS(C)(=O)=O.I. The smallest absolute Gasteiger partial charge is 0.191 e. The zero-order chi connectivity index (χ0) is 17.6. The van der Waals surface area contributed by atoms with E-state index in [0.29, 0.717) is 18.9 Å². The van der Waals surface area contributed by atoms with E-state index in [1.807, 2.05) is 32.0 Å². The van der Waals surface area contributed by atoms with Crippen LogP contribution in [-0.4, -0.2) is 44.0 Å². The summed E-state index contributed by atoms with van der Waals surface area (Å²) in [5.74, 6) is 0.861. The molecule has 0 fully saturated rings. The minimum absolute atomic E-state index is 0. The summed E-state index contributed by atoms with van der Waals surface area (Å²) in [7, 11) is -2.94. The van der Waals surface area contributed by atoms with Crippen molar-refractivity contribution in [2.24, 2.45) is 4.99 Å². The lowest BCUT2D eigenvalue weighted by atomic mass is 10.2. The molecule has 0 bridgehead atoms. The number of H-pyrrole nitrogens is 1. The van der Waals surface area contributed by atoms with Gasteiger partial charge in [0.2, 0.25) is 0 Å². The highest BCUT2D eigenvalue weighted by Gasteiger charge is 2.09. The Kier molecular flexibility index (Phi) is 8.70. The summed E-state index contributed by atoms with van der Waals surface area (Å²) in [5, 5.41) is 7.61. The number of aromatic amines is 1. The Hall–Kier alpha value is -1.29. The minimum Gasteiger partial charge on any atom is -0.357 e. The van der Waals surface area contributed by atoms with Gasteiger partial charge in [0.05, 0.1) is 12.3 Å². The van der Waals surface area contributed by atoms with Gasteiger partial charge in [-0.1, -0.05) is 18.2 Å². The number of nitrogens with zero attached hydrogens (tertiary/aromatic N) is 1. The Morgan fingerprint density at radius 3 is 2.68 bits per heavy atom. The summed E-state index contributed by atoms with van der Waals surface area (Å²) in [6, 6.07) is 10.2. The molecule has 1 atom stereocenters. The summed E-state index contributed by atoms with van der Waals surface area (Å²) in [4.78, 5) is 7.93. The Bertz CT molecular complexity index is 769. The number of nitrogens with one attached hydrogen (secondary N) is 3. The molecule has 2 rings (SSSR count). The Balaban J connectivity index is 0.00000312. The lowest BCUT2D eigenvalue weighted by molar-refractivity contribution is 0.581. The molecule has 8 heteroatoms. The summed E-state index contributed by atoms with van der Waals surface area (Å²) in [6.45, 7) is 5.24. The first kappa shape index (κ1) is 21.8. The molecule has 0 saturated heterocycles. The van der Waals surface area contributed by atoms with Gasteiger partial charge in [0.25, 0.3) is 0 Å². The van der Waals surface area contributed by atoms with Gasteiger partial charge in [0.15, 0.2) is 5.96 Å². The maximum atomic E-state index is 11.3. The maximum absolute atomic E-state index is 11.3. The number of aliphatic imine (C=N–C) groups is 1. The molecule has 140 valence electrons. The van der Waals surface area contributed by atoms with E-state index < -0.39 is 9.84 Å². The molecule has 3 N–H and O–H groups in total. The van der Waals surface area contributed by atoms with E-state index >= 15 is 0 Å². The van der Waals surface area contributed by atoms with Gasteiger partial charge in [-0.2, -0.15) is 0 Å². The predicted octanol–water partition coefficient (Wildman–Crippen LogP) is 2.66. The van der Waals surface area contributed by atoms with Crippen molar-refractivity contribution in [1.29, 1.82) is 0 Å². The third kappa shape index (κ3) is 7.64. The van der Waals surface area contributed by atoms with Crippen LogP contribution in [0.15, 0.2) is 35.3 Å². The largest absolute Gasteiger partial charge is 0.357 e. The van der Waals surface area contributed by atoms with Crippen LogP contribution in [0.5, 0.6) is 0 Å². The zero-order valence-corrected chi connectivity index (χ0v) is 18.0. The highest BCUT2D eigenvalue weighted by molar-refractivity contribution is 14.0. The van der Waals surface area contributed by atoms with E-state index in [0.717, 1.165) is 17.8 Å². The fraction of sp³-hybridized carbons (Fsp3) is 0.471.